The van der Waals surface area contributed by atoms with E-state index < -0.39 is 0 Å². The average molecular weight is 523 g/mol. The van der Waals surface area contributed by atoms with Crippen LogP contribution in [0, 0.1) is 11.3 Å². The first-order chi connectivity index (χ1) is 17.5. The van der Waals surface area contributed by atoms with E-state index >= 15 is 0 Å². The van der Waals surface area contributed by atoms with Crippen LogP contribution in [-0.2, 0) is 9.59 Å². The number of pyridine rings is 1. The molecule has 2 fully saturated rings. The lowest BCUT2D eigenvalue weighted by atomic mass is 9.82. The highest BCUT2D eigenvalue weighted by Gasteiger charge is 2.41. The second-order valence-corrected chi connectivity index (χ2v) is 12.3. The third kappa shape index (κ3) is 6.74. The van der Waals surface area contributed by atoms with Gasteiger partial charge in [-0.3, -0.25) is 19.5 Å². The number of carbonyl (C=O) groups is 2. The van der Waals surface area contributed by atoms with Crippen molar-refractivity contribution in [2.75, 3.05) is 32.7 Å². The number of benzene rings is 1. The van der Waals surface area contributed by atoms with Crippen LogP contribution in [0.15, 0.2) is 42.6 Å². The Kier molecular flexibility index (Phi) is 8.65. The number of hydrogen-bond donors (Lipinski definition) is 0. The molecule has 0 radical (unpaired) electrons. The van der Waals surface area contributed by atoms with Gasteiger partial charge in [-0.1, -0.05) is 56.0 Å². The number of nitrogens with zero attached hydrogens (tertiary/aromatic N) is 4. The van der Waals surface area contributed by atoms with Crippen molar-refractivity contribution in [3.8, 4) is 0 Å². The molecule has 0 saturated carbocycles. The second-order valence-electron chi connectivity index (χ2n) is 11.8. The Bertz CT molecular complexity index is 1030. The van der Waals surface area contributed by atoms with Crippen molar-refractivity contribution in [1.29, 1.82) is 0 Å². The van der Waals surface area contributed by atoms with Crippen LogP contribution >= 0.6 is 11.6 Å². The molecule has 6 nitrogen and oxygen atoms in total. The highest BCUT2D eigenvalue weighted by atomic mass is 35.5. The van der Waals surface area contributed by atoms with Gasteiger partial charge in [0.1, 0.15) is 7.85 Å². The molecule has 1 aromatic heterocycles. The lowest BCUT2D eigenvalue weighted by molar-refractivity contribution is -0.141. The first-order valence-electron chi connectivity index (χ1n) is 13.5. The number of likely N-dealkylation sites (tertiary alicyclic amines) is 1. The van der Waals surface area contributed by atoms with Crippen molar-refractivity contribution in [3.05, 3.63) is 58.9 Å². The first-order valence-corrected chi connectivity index (χ1v) is 13.9. The fourth-order valence-corrected chi connectivity index (χ4v) is 5.88. The first kappa shape index (κ1) is 27.7. The largest absolute Gasteiger partial charge is 0.343 e. The highest BCUT2D eigenvalue weighted by Crippen LogP contribution is 2.35. The zero-order valence-electron chi connectivity index (χ0n) is 22.9. The summed E-state index contributed by atoms with van der Waals surface area (Å²) in [5, 5.41) is 0.719. The Morgan fingerprint density at radius 1 is 1.05 bits per heavy atom. The van der Waals surface area contributed by atoms with Gasteiger partial charge in [0, 0.05) is 63.3 Å². The fraction of sp³-hybridized carbons (Fsp3) is 0.552. The number of piperidine rings is 1. The van der Waals surface area contributed by atoms with Crippen molar-refractivity contribution in [3.63, 3.8) is 0 Å². The standard InChI is InChI=1S/C29H40BClN4O2/c1-20(36)33-13-11-21(12-14-33)17-27(37)35-16-15-34(19-26(35)29(2,3)4)28(22-5-8-24(31)9-6-22)25-10-7-23(30)18-32-25/h5-10,18,21,26,28H,11-17,19,30H2,1-4H3/t26-,28?/m1/s1. The van der Waals surface area contributed by atoms with Gasteiger partial charge in [0.05, 0.1) is 11.7 Å². The molecule has 2 atom stereocenters. The maximum Gasteiger partial charge on any atom is 0.223 e. The molecule has 37 heavy (non-hydrogen) atoms. The topological polar surface area (TPSA) is 56.8 Å². The maximum atomic E-state index is 13.6. The molecule has 2 aliphatic rings. The van der Waals surface area contributed by atoms with Crippen molar-refractivity contribution < 1.29 is 9.59 Å². The molecule has 2 saturated heterocycles. The molecule has 8 heteroatoms. The summed E-state index contributed by atoms with van der Waals surface area (Å²) in [6.45, 7) is 12.1. The molecule has 0 spiro atoms. The third-order valence-electron chi connectivity index (χ3n) is 8.02. The zero-order valence-corrected chi connectivity index (χ0v) is 23.7. The van der Waals surface area contributed by atoms with Crippen molar-refractivity contribution in [2.45, 2.75) is 59.0 Å². The molecule has 3 heterocycles. The van der Waals surface area contributed by atoms with Crippen LogP contribution in [0.25, 0.3) is 0 Å². The van der Waals surface area contributed by atoms with E-state index in [4.69, 9.17) is 16.6 Å². The number of hydrogen-bond acceptors (Lipinski definition) is 4. The summed E-state index contributed by atoms with van der Waals surface area (Å²) in [6.07, 6.45) is 4.31. The SMILES string of the molecule is Bc1ccc(C(c2ccc(Cl)cc2)N2CCN(C(=O)CC3CCN(C(C)=O)CC3)[C@@H](C(C)(C)C)C2)nc1. The maximum absolute atomic E-state index is 13.6. The number of piperazine rings is 1. The number of rotatable bonds is 5. The van der Waals surface area contributed by atoms with Gasteiger partial charge >= 0.3 is 0 Å². The molecule has 2 aliphatic heterocycles. The van der Waals surface area contributed by atoms with E-state index in [2.05, 4.69) is 62.7 Å². The second kappa shape index (κ2) is 11.6. The molecule has 1 unspecified atom stereocenters. The minimum atomic E-state index is -0.0719. The quantitative estimate of drug-likeness (QED) is 0.566. The van der Waals surface area contributed by atoms with Gasteiger partial charge in [0.25, 0.3) is 0 Å². The van der Waals surface area contributed by atoms with E-state index in [-0.39, 0.29) is 29.3 Å². The molecule has 1 aromatic carbocycles. The predicted octanol–water partition coefficient (Wildman–Crippen LogP) is 3.29. The molecular formula is C29H40BClN4O2. The molecule has 4 rings (SSSR count). The molecule has 0 N–H and O–H groups in total. The van der Waals surface area contributed by atoms with E-state index in [1.54, 1.807) is 6.92 Å². The smallest absolute Gasteiger partial charge is 0.223 e. The minimum absolute atomic E-state index is 0.00382. The van der Waals surface area contributed by atoms with Gasteiger partial charge in [-0.15, -0.1) is 0 Å². The average Bonchev–Trinajstić information content (AvgIpc) is 2.86. The van der Waals surface area contributed by atoms with Crippen LogP contribution in [0.5, 0.6) is 0 Å². The summed E-state index contributed by atoms with van der Waals surface area (Å²) in [6, 6.07) is 12.4. The molecule has 0 aliphatic carbocycles. The summed E-state index contributed by atoms with van der Waals surface area (Å²) < 4.78 is 0. The van der Waals surface area contributed by atoms with Crippen LogP contribution < -0.4 is 5.46 Å². The van der Waals surface area contributed by atoms with E-state index in [1.807, 2.05) is 23.2 Å². The summed E-state index contributed by atoms with van der Waals surface area (Å²) in [7, 11) is 2.05. The van der Waals surface area contributed by atoms with E-state index in [0.717, 1.165) is 60.8 Å². The summed E-state index contributed by atoms with van der Waals surface area (Å²) in [5.41, 5.74) is 3.23. The molecule has 198 valence electrons. The lowest BCUT2D eigenvalue weighted by Crippen LogP contribution is -2.60. The predicted molar refractivity (Wildman–Crippen MR) is 152 cm³/mol. The van der Waals surface area contributed by atoms with Gasteiger partial charge in [0.2, 0.25) is 11.8 Å². The van der Waals surface area contributed by atoms with Crippen LogP contribution in [0.1, 0.15) is 64.3 Å². The summed E-state index contributed by atoms with van der Waals surface area (Å²) >= 11 is 6.22. The minimum Gasteiger partial charge on any atom is -0.343 e. The van der Waals surface area contributed by atoms with Gasteiger partial charge < -0.3 is 9.80 Å². The number of carbonyl (C=O) groups excluding carboxylic acids is 2. The van der Waals surface area contributed by atoms with Crippen LogP contribution in [0.4, 0.5) is 0 Å². The molecule has 0 bridgehead atoms. The molecule has 2 aromatic rings. The van der Waals surface area contributed by atoms with Gasteiger partial charge in [-0.05, 0) is 47.9 Å². The zero-order chi connectivity index (χ0) is 26.7. The van der Waals surface area contributed by atoms with E-state index in [0.29, 0.717) is 18.9 Å². The normalized spacial score (nSPS) is 20.6. The van der Waals surface area contributed by atoms with Crippen molar-refractivity contribution in [2.24, 2.45) is 11.3 Å². The number of amides is 2. The van der Waals surface area contributed by atoms with Gasteiger partial charge in [-0.2, -0.15) is 0 Å². The lowest BCUT2D eigenvalue weighted by Gasteiger charge is -2.49. The van der Waals surface area contributed by atoms with E-state index in [9.17, 15) is 9.59 Å². The van der Waals surface area contributed by atoms with Crippen LogP contribution in [0.3, 0.4) is 0 Å². The Labute approximate surface area is 227 Å². The van der Waals surface area contributed by atoms with Crippen LogP contribution in [-0.4, -0.2) is 78.1 Å². The highest BCUT2D eigenvalue weighted by molar-refractivity contribution is 6.32. The Balaban J connectivity index is 1.53. The third-order valence-corrected chi connectivity index (χ3v) is 8.27. The van der Waals surface area contributed by atoms with Crippen molar-refractivity contribution in [1.82, 2.24) is 19.7 Å². The Hall–Kier alpha value is -2.38. The monoisotopic (exact) mass is 522 g/mol. The van der Waals surface area contributed by atoms with Crippen molar-refractivity contribution >= 4 is 36.7 Å². The van der Waals surface area contributed by atoms with E-state index in [1.165, 1.54) is 0 Å². The van der Waals surface area contributed by atoms with Crippen LogP contribution in [0.2, 0.25) is 5.02 Å². The fourth-order valence-electron chi connectivity index (χ4n) is 5.75. The number of aromatic nitrogens is 1. The van der Waals surface area contributed by atoms with Gasteiger partial charge in [-0.25, -0.2) is 0 Å². The number of halogens is 1. The summed E-state index contributed by atoms with van der Waals surface area (Å²) in [4.78, 5) is 36.6. The Morgan fingerprint density at radius 3 is 2.30 bits per heavy atom. The van der Waals surface area contributed by atoms with Gasteiger partial charge in [0.15, 0.2) is 0 Å². The Morgan fingerprint density at radius 2 is 1.73 bits per heavy atom. The molecule has 2 amide bonds. The summed E-state index contributed by atoms with van der Waals surface area (Å²) in [5.74, 6) is 0.727. The molecular weight excluding hydrogens is 483 g/mol.